The summed E-state index contributed by atoms with van der Waals surface area (Å²) >= 11 is 0. The Morgan fingerprint density at radius 2 is 1.68 bits per heavy atom. The van der Waals surface area contributed by atoms with Crippen LogP contribution in [0.5, 0.6) is 11.8 Å². The highest BCUT2D eigenvalue weighted by Gasteiger charge is 2.17. The van der Waals surface area contributed by atoms with Crippen LogP contribution in [0.25, 0.3) is 0 Å². The summed E-state index contributed by atoms with van der Waals surface area (Å²) < 4.78 is 10.5. The standard InChI is InChI=1S/C21H30N4O3/c1-5-14-25(17-11-7-6-8-12-17)15-10-9-13-18(26)24-19-20(27-3)22-16(2)23-21(19)28-4/h6-8,11-12H,5,9-10,13-15H2,1-4H3,(H,24,26). The van der Waals surface area contributed by atoms with Gasteiger partial charge in [0.1, 0.15) is 5.82 Å². The SMILES string of the molecule is CCCN(CCCCC(=O)Nc1c(OC)nc(C)nc1OC)c1ccccc1. The van der Waals surface area contributed by atoms with E-state index in [-0.39, 0.29) is 5.91 Å². The number of unbranched alkanes of at least 4 members (excludes halogenated alkanes) is 1. The van der Waals surface area contributed by atoms with Crippen LogP contribution in [-0.2, 0) is 4.79 Å². The van der Waals surface area contributed by atoms with Gasteiger partial charge >= 0.3 is 0 Å². The van der Waals surface area contributed by atoms with Crippen LogP contribution in [0.15, 0.2) is 30.3 Å². The van der Waals surface area contributed by atoms with Crippen LogP contribution in [0.2, 0.25) is 0 Å². The third-order valence-electron chi connectivity index (χ3n) is 4.30. The number of ether oxygens (including phenoxy) is 2. The molecule has 1 N–H and O–H groups in total. The van der Waals surface area contributed by atoms with E-state index in [0.29, 0.717) is 29.7 Å². The molecular weight excluding hydrogens is 356 g/mol. The summed E-state index contributed by atoms with van der Waals surface area (Å²) in [6, 6.07) is 10.4. The topological polar surface area (TPSA) is 76.6 Å². The molecule has 1 amide bonds. The molecule has 0 atom stereocenters. The first-order chi connectivity index (χ1) is 13.6. The van der Waals surface area contributed by atoms with Crippen molar-refractivity contribution in [3.05, 3.63) is 36.2 Å². The summed E-state index contributed by atoms with van der Waals surface area (Å²) in [4.78, 5) is 23.1. The van der Waals surface area contributed by atoms with E-state index in [4.69, 9.17) is 9.47 Å². The molecule has 0 radical (unpaired) electrons. The maximum Gasteiger partial charge on any atom is 0.245 e. The highest BCUT2D eigenvalue weighted by Crippen LogP contribution is 2.31. The third kappa shape index (κ3) is 6.11. The molecule has 0 aliphatic heterocycles. The number of nitrogens with one attached hydrogen (secondary N) is 1. The van der Waals surface area contributed by atoms with Gasteiger partial charge in [0.25, 0.3) is 0 Å². The van der Waals surface area contributed by atoms with Crippen LogP contribution >= 0.6 is 0 Å². The minimum Gasteiger partial charge on any atom is -0.479 e. The summed E-state index contributed by atoms with van der Waals surface area (Å²) in [7, 11) is 3.01. The molecule has 28 heavy (non-hydrogen) atoms. The summed E-state index contributed by atoms with van der Waals surface area (Å²) in [5, 5.41) is 2.83. The number of methoxy groups -OCH3 is 2. The highest BCUT2D eigenvalue weighted by atomic mass is 16.5. The molecular formula is C21H30N4O3. The lowest BCUT2D eigenvalue weighted by molar-refractivity contribution is -0.116. The van der Waals surface area contributed by atoms with Crippen LogP contribution < -0.4 is 19.7 Å². The minimum atomic E-state index is -0.106. The van der Waals surface area contributed by atoms with Gasteiger partial charge in [0.15, 0.2) is 5.69 Å². The van der Waals surface area contributed by atoms with E-state index in [0.717, 1.165) is 32.4 Å². The number of amides is 1. The van der Waals surface area contributed by atoms with Crippen LogP contribution in [0.1, 0.15) is 38.4 Å². The van der Waals surface area contributed by atoms with Gasteiger partial charge in [-0.1, -0.05) is 25.1 Å². The normalized spacial score (nSPS) is 10.4. The number of carbonyl (C=O) groups is 1. The fourth-order valence-corrected chi connectivity index (χ4v) is 2.99. The number of hydrogen-bond donors (Lipinski definition) is 1. The molecule has 7 nitrogen and oxygen atoms in total. The monoisotopic (exact) mass is 386 g/mol. The van der Waals surface area contributed by atoms with E-state index in [1.165, 1.54) is 19.9 Å². The van der Waals surface area contributed by atoms with E-state index in [9.17, 15) is 4.79 Å². The van der Waals surface area contributed by atoms with Crippen molar-refractivity contribution in [2.45, 2.75) is 39.5 Å². The number of carbonyl (C=O) groups excluding carboxylic acids is 1. The first-order valence-corrected chi connectivity index (χ1v) is 9.65. The number of aryl methyl sites for hydroxylation is 1. The molecule has 0 unspecified atom stereocenters. The average Bonchev–Trinajstić information content (AvgIpc) is 2.71. The van der Waals surface area contributed by atoms with Gasteiger partial charge in [-0.15, -0.1) is 0 Å². The highest BCUT2D eigenvalue weighted by molar-refractivity contribution is 5.93. The Kier molecular flexibility index (Phi) is 8.52. The van der Waals surface area contributed by atoms with E-state index in [2.05, 4.69) is 51.4 Å². The number of para-hydroxylation sites is 1. The van der Waals surface area contributed by atoms with Crippen molar-refractivity contribution in [1.82, 2.24) is 9.97 Å². The van der Waals surface area contributed by atoms with Crippen molar-refractivity contribution in [3.8, 4) is 11.8 Å². The van der Waals surface area contributed by atoms with Crippen LogP contribution in [0.3, 0.4) is 0 Å². The van der Waals surface area contributed by atoms with Crippen molar-refractivity contribution in [2.24, 2.45) is 0 Å². The first kappa shape index (κ1) is 21.5. The largest absolute Gasteiger partial charge is 0.479 e. The zero-order valence-corrected chi connectivity index (χ0v) is 17.2. The van der Waals surface area contributed by atoms with Gasteiger partial charge in [-0.05, 0) is 38.3 Å². The van der Waals surface area contributed by atoms with Gasteiger partial charge in [0, 0.05) is 25.2 Å². The zero-order chi connectivity index (χ0) is 20.4. The summed E-state index contributed by atoms with van der Waals surface area (Å²) in [5.41, 5.74) is 1.59. The summed E-state index contributed by atoms with van der Waals surface area (Å²) in [5.74, 6) is 1.02. The second-order valence-corrected chi connectivity index (χ2v) is 6.49. The molecule has 0 aliphatic rings. The molecule has 0 fully saturated rings. The lowest BCUT2D eigenvalue weighted by Crippen LogP contribution is -2.25. The van der Waals surface area contributed by atoms with Crippen molar-refractivity contribution in [3.63, 3.8) is 0 Å². The Labute approximate surface area is 167 Å². The Balaban J connectivity index is 1.88. The van der Waals surface area contributed by atoms with Crippen LogP contribution in [0, 0.1) is 6.92 Å². The molecule has 0 saturated heterocycles. The fourth-order valence-electron chi connectivity index (χ4n) is 2.99. The maximum atomic E-state index is 12.4. The molecule has 1 heterocycles. The molecule has 1 aromatic carbocycles. The van der Waals surface area contributed by atoms with E-state index in [1.807, 2.05) is 6.07 Å². The van der Waals surface area contributed by atoms with Crippen molar-refractivity contribution < 1.29 is 14.3 Å². The molecule has 0 aliphatic carbocycles. The van der Waals surface area contributed by atoms with Gasteiger partial charge in [0.2, 0.25) is 17.7 Å². The number of nitrogens with zero attached hydrogens (tertiary/aromatic N) is 3. The van der Waals surface area contributed by atoms with Gasteiger partial charge in [-0.2, -0.15) is 9.97 Å². The van der Waals surface area contributed by atoms with Gasteiger partial charge < -0.3 is 19.7 Å². The Hall–Kier alpha value is -2.83. The molecule has 2 aromatic rings. The van der Waals surface area contributed by atoms with Gasteiger partial charge in [-0.25, -0.2) is 0 Å². The van der Waals surface area contributed by atoms with E-state index >= 15 is 0 Å². The third-order valence-corrected chi connectivity index (χ3v) is 4.30. The average molecular weight is 386 g/mol. The summed E-state index contributed by atoms with van der Waals surface area (Å²) in [6.07, 6.45) is 3.22. The molecule has 1 aromatic heterocycles. The first-order valence-electron chi connectivity index (χ1n) is 9.65. The lowest BCUT2D eigenvalue weighted by Gasteiger charge is -2.24. The van der Waals surface area contributed by atoms with Crippen molar-refractivity contribution in [2.75, 3.05) is 37.5 Å². The number of aromatic nitrogens is 2. The Morgan fingerprint density at radius 1 is 1.04 bits per heavy atom. The number of anilines is 2. The summed E-state index contributed by atoms with van der Waals surface area (Å²) in [6.45, 7) is 5.84. The van der Waals surface area contributed by atoms with E-state index in [1.54, 1.807) is 6.92 Å². The Bertz CT molecular complexity index is 728. The minimum absolute atomic E-state index is 0.106. The quantitative estimate of drug-likeness (QED) is 0.592. The fraction of sp³-hybridized carbons (Fsp3) is 0.476. The molecule has 0 spiro atoms. The second kappa shape index (κ2) is 11.1. The predicted octanol–water partition coefficient (Wildman–Crippen LogP) is 3.83. The predicted molar refractivity (Wildman–Crippen MR) is 111 cm³/mol. The molecule has 152 valence electrons. The van der Waals surface area contributed by atoms with Crippen LogP contribution in [-0.4, -0.2) is 43.2 Å². The number of rotatable bonds is 11. The van der Waals surface area contributed by atoms with Gasteiger partial charge in [-0.3, -0.25) is 4.79 Å². The molecule has 0 saturated carbocycles. The maximum absolute atomic E-state index is 12.4. The number of benzene rings is 1. The van der Waals surface area contributed by atoms with Gasteiger partial charge in [0.05, 0.1) is 14.2 Å². The molecule has 7 heteroatoms. The Morgan fingerprint density at radius 3 is 2.25 bits per heavy atom. The molecule has 2 rings (SSSR count). The van der Waals surface area contributed by atoms with Crippen molar-refractivity contribution in [1.29, 1.82) is 0 Å². The lowest BCUT2D eigenvalue weighted by atomic mass is 10.2. The number of hydrogen-bond acceptors (Lipinski definition) is 6. The van der Waals surface area contributed by atoms with Crippen molar-refractivity contribution >= 4 is 17.3 Å². The smallest absolute Gasteiger partial charge is 0.245 e. The van der Waals surface area contributed by atoms with E-state index < -0.39 is 0 Å². The second-order valence-electron chi connectivity index (χ2n) is 6.49. The zero-order valence-electron chi connectivity index (χ0n) is 17.2. The molecule has 0 bridgehead atoms. The van der Waals surface area contributed by atoms with Crippen LogP contribution in [0.4, 0.5) is 11.4 Å².